The van der Waals surface area contributed by atoms with Gasteiger partial charge in [-0.05, 0) is 58.2 Å². The molecule has 2 unspecified atom stereocenters. The molecule has 0 aromatic heterocycles. The number of benzene rings is 2. The fourth-order valence-electron chi connectivity index (χ4n) is 3.58. The van der Waals surface area contributed by atoms with Crippen LogP contribution in [0.25, 0.3) is 0 Å². The Morgan fingerprint density at radius 1 is 1.03 bits per heavy atom. The minimum atomic E-state index is -1.27. The first kappa shape index (κ1) is 27.9. The van der Waals surface area contributed by atoms with E-state index in [1.807, 2.05) is 63.2 Å². The zero-order chi connectivity index (χ0) is 26.2. The van der Waals surface area contributed by atoms with Crippen LogP contribution < -0.4 is 10.6 Å². The van der Waals surface area contributed by atoms with Crippen molar-refractivity contribution in [2.24, 2.45) is 0 Å². The van der Waals surface area contributed by atoms with Crippen molar-refractivity contribution >= 4 is 23.6 Å². The van der Waals surface area contributed by atoms with E-state index in [1.54, 1.807) is 26.8 Å². The Morgan fingerprint density at radius 3 is 2.20 bits per heavy atom. The minimum Gasteiger partial charge on any atom is -0.444 e. The van der Waals surface area contributed by atoms with Gasteiger partial charge in [-0.2, -0.15) is 0 Å². The molecule has 2 rings (SSSR count). The number of rotatable bonds is 9. The van der Waals surface area contributed by atoms with Crippen molar-refractivity contribution in [3.8, 4) is 0 Å². The molecule has 0 aliphatic heterocycles. The first-order valence-corrected chi connectivity index (χ1v) is 11.8. The van der Waals surface area contributed by atoms with Crippen LogP contribution in [0.3, 0.4) is 0 Å². The van der Waals surface area contributed by atoms with Gasteiger partial charge in [0, 0.05) is 12.2 Å². The average molecular weight is 484 g/mol. The number of ether oxygens (including phenoxy) is 1. The van der Waals surface area contributed by atoms with Gasteiger partial charge >= 0.3 is 6.09 Å². The summed E-state index contributed by atoms with van der Waals surface area (Å²) in [6.45, 7) is 10.4. The van der Waals surface area contributed by atoms with Crippen molar-refractivity contribution in [3.63, 3.8) is 0 Å². The van der Waals surface area contributed by atoms with Crippen molar-refractivity contribution in [2.45, 2.75) is 65.6 Å². The van der Waals surface area contributed by atoms with Crippen LogP contribution in [0, 0.1) is 13.8 Å². The van der Waals surface area contributed by atoms with Gasteiger partial charge in [0.05, 0.1) is 6.61 Å². The zero-order valence-electron chi connectivity index (χ0n) is 21.4. The van der Waals surface area contributed by atoms with Gasteiger partial charge in [-0.15, -0.1) is 0 Å². The summed E-state index contributed by atoms with van der Waals surface area (Å²) in [7, 11) is 0. The quantitative estimate of drug-likeness (QED) is 0.498. The molecule has 2 aromatic rings. The SMILES string of the molecule is CCCN(C(=O)C(CO)NC(=O)OC(C)(C)C)C(C(=O)Nc1ccccc1C)c1ccc(C)cc1. The Hall–Kier alpha value is -3.39. The molecular formula is C27H37N3O5. The van der Waals surface area contributed by atoms with E-state index in [-0.39, 0.29) is 12.5 Å². The van der Waals surface area contributed by atoms with Crippen molar-refractivity contribution in [2.75, 3.05) is 18.5 Å². The highest BCUT2D eigenvalue weighted by molar-refractivity contribution is 5.99. The molecule has 0 radical (unpaired) electrons. The number of carbonyl (C=O) groups is 3. The lowest BCUT2D eigenvalue weighted by Gasteiger charge is -2.34. The molecule has 190 valence electrons. The third-order valence-electron chi connectivity index (χ3n) is 5.28. The van der Waals surface area contributed by atoms with Gasteiger partial charge in [-0.1, -0.05) is 55.0 Å². The average Bonchev–Trinajstić information content (AvgIpc) is 2.78. The summed E-state index contributed by atoms with van der Waals surface area (Å²) in [5.41, 5.74) is 2.40. The molecule has 3 amide bonds. The van der Waals surface area contributed by atoms with Gasteiger partial charge < -0.3 is 25.4 Å². The van der Waals surface area contributed by atoms with Crippen LogP contribution in [0.1, 0.15) is 56.8 Å². The number of para-hydroxylation sites is 1. The lowest BCUT2D eigenvalue weighted by atomic mass is 10.0. The van der Waals surface area contributed by atoms with Crippen LogP contribution >= 0.6 is 0 Å². The molecule has 3 N–H and O–H groups in total. The number of amides is 3. The third-order valence-corrected chi connectivity index (χ3v) is 5.28. The Bertz CT molecular complexity index is 1010. The summed E-state index contributed by atoms with van der Waals surface area (Å²) in [4.78, 5) is 40.9. The van der Waals surface area contributed by atoms with Crippen LogP contribution in [-0.4, -0.2) is 52.7 Å². The summed E-state index contributed by atoms with van der Waals surface area (Å²) < 4.78 is 5.25. The van der Waals surface area contributed by atoms with Crippen molar-refractivity contribution in [1.82, 2.24) is 10.2 Å². The number of anilines is 1. The first-order chi connectivity index (χ1) is 16.5. The molecule has 0 spiro atoms. The smallest absolute Gasteiger partial charge is 0.408 e. The maximum atomic E-state index is 13.6. The highest BCUT2D eigenvalue weighted by Crippen LogP contribution is 2.26. The van der Waals surface area contributed by atoms with Gasteiger partial charge in [0.15, 0.2) is 0 Å². The van der Waals surface area contributed by atoms with Crippen LogP contribution in [0.4, 0.5) is 10.5 Å². The summed E-state index contributed by atoms with van der Waals surface area (Å²) in [6, 6.07) is 12.5. The second kappa shape index (κ2) is 12.4. The van der Waals surface area contributed by atoms with E-state index in [0.717, 1.165) is 11.1 Å². The fourth-order valence-corrected chi connectivity index (χ4v) is 3.58. The number of aliphatic hydroxyl groups excluding tert-OH is 1. The molecule has 0 aliphatic rings. The number of hydrogen-bond acceptors (Lipinski definition) is 5. The van der Waals surface area contributed by atoms with Gasteiger partial charge in [-0.25, -0.2) is 4.79 Å². The Morgan fingerprint density at radius 2 is 1.66 bits per heavy atom. The number of alkyl carbamates (subject to hydrolysis) is 1. The van der Waals surface area contributed by atoms with Crippen LogP contribution in [-0.2, 0) is 14.3 Å². The van der Waals surface area contributed by atoms with Crippen molar-refractivity contribution in [3.05, 3.63) is 65.2 Å². The largest absolute Gasteiger partial charge is 0.444 e. The predicted molar refractivity (Wildman–Crippen MR) is 136 cm³/mol. The standard InChI is InChI=1S/C27H37N3O5/c1-7-16-30(25(33)22(17-31)29-26(34)35-27(4,5)6)23(20-14-12-18(2)13-15-20)24(32)28-21-11-9-8-10-19(21)3/h8-15,22-23,31H,7,16-17H2,1-6H3,(H,28,32)(H,29,34). The minimum absolute atomic E-state index is 0.241. The maximum absolute atomic E-state index is 13.6. The zero-order valence-corrected chi connectivity index (χ0v) is 21.4. The van der Waals surface area contributed by atoms with Crippen molar-refractivity contribution < 1.29 is 24.2 Å². The molecule has 0 fully saturated rings. The van der Waals surface area contributed by atoms with E-state index < -0.39 is 36.3 Å². The van der Waals surface area contributed by atoms with Gasteiger partial charge in [0.1, 0.15) is 17.7 Å². The van der Waals surface area contributed by atoms with E-state index in [0.29, 0.717) is 17.7 Å². The second-order valence-electron chi connectivity index (χ2n) is 9.53. The molecular weight excluding hydrogens is 446 g/mol. The first-order valence-electron chi connectivity index (χ1n) is 11.8. The molecule has 8 nitrogen and oxygen atoms in total. The second-order valence-corrected chi connectivity index (χ2v) is 9.53. The normalized spacial score (nSPS) is 12.9. The molecule has 0 heterocycles. The predicted octanol–water partition coefficient (Wildman–Crippen LogP) is 4.11. The van der Waals surface area contributed by atoms with Gasteiger partial charge in [0.2, 0.25) is 5.91 Å². The Labute approximate surface area is 207 Å². The summed E-state index contributed by atoms with van der Waals surface area (Å²) in [5, 5.41) is 15.3. The third kappa shape index (κ3) is 8.10. The highest BCUT2D eigenvalue weighted by atomic mass is 16.6. The van der Waals surface area contributed by atoms with Crippen LogP contribution in [0.5, 0.6) is 0 Å². The Kier molecular flexibility index (Phi) is 9.83. The fraction of sp³-hybridized carbons (Fsp3) is 0.444. The van der Waals surface area contributed by atoms with E-state index in [4.69, 9.17) is 4.74 Å². The highest BCUT2D eigenvalue weighted by Gasteiger charge is 2.35. The molecule has 0 saturated carbocycles. The monoisotopic (exact) mass is 483 g/mol. The number of nitrogens with one attached hydrogen (secondary N) is 2. The number of nitrogens with zero attached hydrogens (tertiary/aromatic N) is 1. The van der Waals surface area contributed by atoms with E-state index in [1.165, 1.54) is 4.90 Å². The maximum Gasteiger partial charge on any atom is 0.408 e. The van der Waals surface area contributed by atoms with Crippen LogP contribution in [0.15, 0.2) is 48.5 Å². The van der Waals surface area contributed by atoms with Crippen LogP contribution in [0.2, 0.25) is 0 Å². The van der Waals surface area contributed by atoms with Crippen molar-refractivity contribution in [1.29, 1.82) is 0 Å². The number of hydrogen-bond donors (Lipinski definition) is 3. The summed E-state index contributed by atoms with van der Waals surface area (Å²) in [6.07, 6.45) is -0.256. The molecule has 2 aromatic carbocycles. The van der Waals surface area contributed by atoms with E-state index in [2.05, 4.69) is 10.6 Å². The van der Waals surface area contributed by atoms with Gasteiger partial charge in [0.25, 0.3) is 5.91 Å². The number of carbonyl (C=O) groups excluding carboxylic acids is 3. The lowest BCUT2D eigenvalue weighted by molar-refractivity contribution is -0.141. The topological polar surface area (TPSA) is 108 Å². The number of aryl methyl sites for hydroxylation is 2. The van der Waals surface area contributed by atoms with Gasteiger partial charge in [-0.3, -0.25) is 9.59 Å². The molecule has 35 heavy (non-hydrogen) atoms. The molecule has 0 aliphatic carbocycles. The van der Waals surface area contributed by atoms with E-state index in [9.17, 15) is 19.5 Å². The molecule has 2 atom stereocenters. The van der Waals surface area contributed by atoms with E-state index >= 15 is 0 Å². The summed E-state index contributed by atoms with van der Waals surface area (Å²) >= 11 is 0. The number of aliphatic hydroxyl groups is 1. The molecule has 0 saturated heterocycles. The summed E-state index contributed by atoms with van der Waals surface area (Å²) in [5.74, 6) is -0.968. The lowest BCUT2D eigenvalue weighted by Crippen LogP contribution is -2.54. The Balaban J connectivity index is 2.43. The molecule has 8 heteroatoms. The molecule has 0 bridgehead atoms.